The lowest BCUT2D eigenvalue weighted by Crippen LogP contribution is -2.54. The van der Waals surface area contributed by atoms with Gasteiger partial charge in [0.25, 0.3) is 5.91 Å². The highest BCUT2D eigenvalue weighted by atomic mass is 32.2. The molecule has 3 rings (SSSR count). The summed E-state index contributed by atoms with van der Waals surface area (Å²) in [6.45, 7) is 0.359. The summed E-state index contributed by atoms with van der Waals surface area (Å²) in [4.78, 5) is 24.6. The maximum absolute atomic E-state index is 12.7. The van der Waals surface area contributed by atoms with Crippen molar-refractivity contribution in [1.82, 2.24) is 5.32 Å². The summed E-state index contributed by atoms with van der Waals surface area (Å²) in [6.07, 6.45) is 6.07. The van der Waals surface area contributed by atoms with E-state index in [1.807, 2.05) is 0 Å². The summed E-state index contributed by atoms with van der Waals surface area (Å²) in [5.74, 6) is -1.41. The third-order valence-electron chi connectivity index (χ3n) is 5.31. The number of anilines is 1. The number of fused-ring (bicyclic) bond motifs is 1. The van der Waals surface area contributed by atoms with E-state index in [4.69, 9.17) is 0 Å². The molecule has 0 atom stereocenters. The number of carbonyl (C=O) groups is 2. The maximum Gasteiger partial charge on any atom is 0.329 e. The van der Waals surface area contributed by atoms with E-state index in [0.717, 1.165) is 37.5 Å². The number of nitrogens with one attached hydrogen (secondary N) is 1. The van der Waals surface area contributed by atoms with E-state index >= 15 is 0 Å². The Balaban J connectivity index is 1.83. The third kappa shape index (κ3) is 3.56. The molecular weight excluding hydrogens is 356 g/mol. The van der Waals surface area contributed by atoms with Gasteiger partial charge in [-0.2, -0.15) is 0 Å². The van der Waals surface area contributed by atoms with Gasteiger partial charge in [-0.1, -0.05) is 25.7 Å². The summed E-state index contributed by atoms with van der Waals surface area (Å²) < 4.78 is 24.9. The van der Waals surface area contributed by atoms with Crippen LogP contribution < -0.4 is 9.62 Å². The Bertz CT molecular complexity index is 826. The topological polar surface area (TPSA) is 104 Å². The summed E-state index contributed by atoms with van der Waals surface area (Å²) in [6, 6.07) is 4.85. The summed E-state index contributed by atoms with van der Waals surface area (Å²) in [7, 11) is -3.34. The molecule has 1 fully saturated rings. The van der Waals surface area contributed by atoms with Crippen molar-refractivity contribution in [2.75, 3.05) is 17.1 Å². The highest BCUT2D eigenvalue weighted by molar-refractivity contribution is 7.92. The van der Waals surface area contributed by atoms with Gasteiger partial charge in [-0.25, -0.2) is 13.2 Å². The number of benzene rings is 1. The molecule has 1 aliphatic heterocycles. The fourth-order valence-electron chi connectivity index (χ4n) is 3.87. The number of hydrogen-bond acceptors (Lipinski definition) is 4. The van der Waals surface area contributed by atoms with Crippen LogP contribution in [0.25, 0.3) is 0 Å². The van der Waals surface area contributed by atoms with E-state index in [2.05, 4.69) is 5.32 Å². The molecule has 2 aliphatic rings. The van der Waals surface area contributed by atoms with Gasteiger partial charge in [0, 0.05) is 12.1 Å². The molecular formula is C18H24N2O5S. The second-order valence-corrected chi connectivity index (χ2v) is 9.09. The first kappa shape index (κ1) is 18.7. The fourth-order valence-corrected chi connectivity index (χ4v) is 4.83. The molecule has 0 saturated heterocycles. The van der Waals surface area contributed by atoms with E-state index in [-0.39, 0.29) is 0 Å². The Morgan fingerprint density at radius 3 is 2.38 bits per heavy atom. The first-order valence-electron chi connectivity index (χ1n) is 8.89. The lowest BCUT2D eigenvalue weighted by Gasteiger charge is -2.29. The zero-order valence-electron chi connectivity index (χ0n) is 14.8. The van der Waals surface area contributed by atoms with Crippen LogP contribution in [-0.2, 0) is 21.2 Å². The summed E-state index contributed by atoms with van der Waals surface area (Å²) >= 11 is 0. The lowest BCUT2D eigenvalue weighted by atomic mass is 9.89. The molecule has 26 heavy (non-hydrogen) atoms. The van der Waals surface area contributed by atoms with Crippen LogP contribution in [0.4, 0.5) is 5.69 Å². The van der Waals surface area contributed by atoms with Crippen LogP contribution in [0.5, 0.6) is 0 Å². The number of amides is 1. The first-order chi connectivity index (χ1) is 12.2. The largest absolute Gasteiger partial charge is 0.480 e. The molecule has 1 aliphatic carbocycles. The molecule has 1 amide bonds. The molecule has 7 nitrogen and oxygen atoms in total. The standard InChI is InChI=1S/C18H24N2O5S/c1-26(24,25)20-11-8-13-12-14(6-7-15(13)20)16(21)19-18(17(22)23)9-4-2-3-5-10-18/h6-7,12H,2-5,8-11H2,1H3,(H,19,21)(H,22,23). The molecule has 1 aromatic rings. The van der Waals surface area contributed by atoms with E-state index in [1.54, 1.807) is 18.2 Å². The number of sulfonamides is 1. The van der Waals surface area contributed by atoms with Crippen molar-refractivity contribution >= 4 is 27.6 Å². The highest BCUT2D eigenvalue weighted by Gasteiger charge is 2.40. The van der Waals surface area contributed by atoms with Gasteiger partial charge < -0.3 is 10.4 Å². The number of hydrogen-bond donors (Lipinski definition) is 2. The average Bonchev–Trinajstić information content (AvgIpc) is 2.86. The molecule has 1 heterocycles. The van der Waals surface area contributed by atoms with Gasteiger partial charge in [-0.15, -0.1) is 0 Å². The van der Waals surface area contributed by atoms with Crippen LogP contribution in [0.2, 0.25) is 0 Å². The SMILES string of the molecule is CS(=O)(=O)N1CCc2cc(C(=O)NC3(C(=O)O)CCCCCC3)ccc21. The van der Waals surface area contributed by atoms with Crippen molar-refractivity contribution < 1.29 is 23.1 Å². The minimum absolute atomic E-state index is 0.359. The van der Waals surface area contributed by atoms with E-state index in [1.165, 1.54) is 4.31 Å². The van der Waals surface area contributed by atoms with Crippen molar-refractivity contribution in [2.24, 2.45) is 0 Å². The second-order valence-electron chi connectivity index (χ2n) is 7.18. The molecule has 1 saturated carbocycles. The number of carbonyl (C=O) groups excluding carboxylic acids is 1. The molecule has 0 aromatic heterocycles. The fraction of sp³-hybridized carbons (Fsp3) is 0.556. The predicted molar refractivity (Wildman–Crippen MR) is 97.9 cm³/mol. The zero-order chi connectivity index (χ0) is 18.9. The molecule has 8 heteroatoms. The molecule has 1 aromatic carbocycles. The molecule has 0 bridgehead atoms. The number of nitrogens with zero attached hydrogens (tertiary/aromatic N) is 1. The Morgan fingerprint density at radius 2 is 1.81 bits per heavy atom. The second kappa shape index (κ2) is 6.90. The maximum atomic E-state index is 12.7. The van der Waals surface area contributed by atoms with Crippen LogP contribution in [0, 0.1) is 0 Å². The van der Waals surface area contributed by atoms with Crippen LogP contribution in [-0.4, -0.2) is 43.7 Å². The first-order valence-corrected chi connectivity index (χ1v) is 10.7. The van der Waals surface area contributed by atoms with E-state index < -0.39 is 27.4 Å². The van der Waals surface area contributed by atoms with Gasteiger partial charge in [-0.3, -0.25) is 9.10 Å². The number of carboxylic acid groups (broad SMARTS) is 1. The Hall–Kier alpha value is -2.09. The number of aliphatic carboxylic acids is 1. The minimum atomic E-state index is -3.34. The van der Waals surface area contributed by atoms with Crippen molar-refractivity contribution in [2.45, 2.75) is 50.5 Å². The normalized spacial score (nSPS) is 19.5. The number of carboxylic acids is 1. The summed E-state index contributed by atoms with van der Waals surface area (Å²) in [5, 5.41) is 12.5. The van der Waals surface area contributed by atoms with Gasteiger partial charge >= 0.3 is 5.97 Å². The van der Waals surface area contributed by atoms with Gasteiger partial charge in [0.1, 0.15) is 5.54 Å². The molecule has 142 valence electrons. The van der Waals surface area contributed by atoms with Crippen LogP contribution in [0.3, 0.4) is 0 Å². The summed E-state index contributed by atoms with van der Waals surface area (Å²) in [5.41, 5.74) is 0.523. The lowest BCUT2D eigenvalue weighted by molar-refractivity contribution is -0.145. The van der Waals surface area contributed by atoms with Crippen LogP contribution in [0.1, 0.15) is 54.4 Å². The molecule has 0 unspecified atom stereocenters. The van der Waals surface area contributed by atoms with Crippen molar-refractivity contribution in [3.05, 3.63) is 29.3 Å². The van der Waals surface area contributed by atoms with Crippen LogP contribution in [0.15, 0.2) is 18.2 Å². The Kier molecular flexibility index (Phi) is 4.96. The van der Waals surface area contributed by atoms with Gasteiger partial charge in [0.15, 0.2) is 0 Å². The highest BCUT2D eigenvalue weighted by Crippen LogP contribution is 2.32. The van der Waals surface area contributed by atoms with Crippen molar-refractivity contribution in [3.8, 4) is 0 Å². The van der Waals surface area contributed by atoms with Gasteiger partial charge in [0.2, 0.25) is 10.0 Å². The van der Waals surface area contributed by atoms with Crippen molar-refractivity contribution in [1.29, 1.82) is 0 Å². The van der Waals surface area contributed by atoms with Crippen LogP contribution >= 0.6 is 0 Å². The third-order valence-corrected chi connectivity index (χ3v) is 6.49. The predicted octanol–water partition coefficient (Wildman–Crippen LogP) is 1.92. The van der Waals surface area contributed by atoms with E-state index in [0.29, 0.717) is 37.1 Å². The Labute approximate surface area is 153 Å². The zero-order valence-corrected chi connectivity index (χ0v) is 15.6. The van der Waals surface area contributed by atoms with E-state index in [9.17, 15) is 23.1 Å². The minimum Gasteiger partial charge on any atom is -0.480 e. The number of rotatable bonds is 4. The smallest absolute Gasteiger partial charge is 0.329 e. The van der Waals surface area contributed by atoms with Gasteiger partial charge in [0.05, 0.1) is 11.9 Å². The van der Waals surface area contributed by atoms with Crippen molar-refractivity contribution in [3.63, 3.8) is 0 Å². The quantitative estimate of drug-likeness (QED) is 0.777. The Morgan fingerprint density at radius 1 is 1.15 bits per heavy atom. The molecule has 2 N–H and O–H groups in total. The molecule has 0 spiro atoms. The monoisotopic (exact) mass is 380 g/mol. The average molecular weight is 380 g/mol. The van der Waals surface area contributed by atoms with Gasteiger partial charge in [-0.05, 0) is 43.0 Å². The molecule has 0 radical (unpaired) electrons.